The summed E-state index contributed by atoms with van der Waals surface area (Å²) in [5, 5.41) is 55.6. The van der Waals surface area contributed by atoms with Crippen molar-refractivity contribution in [1.29, 1.82) is 0 Å². The fraction of sp³-hybridized carbons (Fsp3) is 0.810. The molecule has 2 heterocycles. The van der Waals surface area contributed by atoms with Crippen LogP contribution in [0.25, 0.3) is 0 Å². The minimum Gasteiger partial charge on any atom is -0.479 e. The molecule has 0 saturated carbocycles. The Morgan fingerprint density at radius 1 is 0.892 bits per heavy atom. The van der Waals surface area contributed by atoms with E-state index in [-0.39, 0.29) is 0 Å². The first-order valence-electron chi connectivity index (χ1n) is 11.4. The van der Waals surface area contributed by atoms with Crippen LogP contribution in [0.1, 0.15) is 27.7 Å². The van der Waals surface area contributed by atoms with Crippen molar-refractivity contribution in [2.75, 3.05) is 13.2 Å². The zero-order valence-electron chi connectivity index (χ0n) is 20.7. The molecule has 0 bridgehead atoms. The zero-order valence-corrected chi connectivity index (χ0v) is 20.7. The molecule has 0 aliphatic carbocycles. The average Bonchev–Trinajstić information content (AvgIpc) is 2.80. The van der Waals surface area contributed by atoms with Gasteiger partial charge in [-0.05, 0) is 6.92 Å². The molecule has 2 fully saturated rings. The van der Waals surface area contributed by atoms with E-state index in [4.69, 9.17) is 23.7 Å². The molecule has 16 nitrogen and oxygen atoms in total. The summed E-state index contributed by atoms with van der Waals surface area (Å²) in [7, 11) is 0. The van der Waals surface area contributed by atoms with Crippen LogP contribution in [0.5, 0.6) is 0 Å². The molecule has 7 N–H and O–H groups in total. The van der Waals surface area contributed by atoms with Gasteiger partial charge in [-0.25, -0.2) is 4.79 Å². The largest absolute Gasteiger partial charge is 0.479 e. The fourth-order valence-corrected chi connectivity index (χ4v) is 4.00. The topological polar surface area (TPSA) is 240 Å². The van der Waals surface area contributed by atoms with Gasteiger partial charge in [-0.2, -0.15) is 0 Å². The first-order valence-corrected chi connectivity index (χ1v) is 11.4. The third-order valence-electron chi connectivity index (χ3n) is 5.74. The molecule has 16 heteroatoms. The summed E-state index contributed by atoms with van der Waals surface area (Å²) in [6.07, 6.45) is -13.7. The number of hydrogen-bond acceptors (Lipinski definition) is 13. The fourth-order valence-electron chi connectivity index (χ4n) is 4.00. The Balaban J connectivity index is 2.45. The predicted molar refractivity (Wildman–Crippen MR) is 117 cm³/mol. The first kappa shape index (κ1) is 30.8. The van der Waals surface area contributed by atoms with Crippen molar-refractivity contribution >= 4 is 23.8 Å². The Kier molecular flexibility index (Phi) is 11.1. The number of amides is 2. The Hall–Kier alpha value is -2.44. The second kappa shape index (κ2) is 13.4. The van der Waals surface area contributed by atoms with Gasteiger partial charge in [-0.1, -0.05) is 0 Å². The van der Waals surface area contributed by atoms with E-state index in [0.29, 0.717) is 0 Å². The maximum absolute atomic E-state index is 11.8. The van der Waals surface area contributed by atoms with Gasteiger partial charge in [0, 0.05) is 20.8 Å². The monoisotopic (exact) mass is 538 g/mol. The van der Waals surface area contributed by atoms with E-state index in [9.17, 15) is 44.7 Å². The normalized spacial score (nSPS) is 36.8. The average molecular weight is 539 g/mol. The van der Waals surface area contributed by atoms with Crippen LogP contribution in [-0.4, -0.2) is 130 Å². The summed E-state index contributed by atoms with van der Waals surface area (Å²) in [4.78, 5) is 46.3. The molecule has 2 aliphatic heterocycles. The Morgan fingerprint density at radius 2 is 1.49 bits per heavy atom. The van der Waals surface area contributed by atoms with Crippen LogP contribution in [0.3, 0.4) is 0 Å². The SMILES string of the molecule is CC(=O)NC1C(OC2C(CO)OC(O)C(NC(C)=O)C2OC(C)C(=O)O)OC(COC(C)=O)C(O)C1O. The predicted octanol–water partition coefficient (Wildman–Crippen LogP) is -4.04. The lowest BCUT2D eigenvalue weighted by molar-refractivity contribution is -0.333. The van der Waals surface area contributed by atoms with Gasteiger partial charge in [0.2, 0.25) is 11.8 Å². The standard InChI is InChI=1S/C21H34N2O14/c1-7(19(30)31)34-18-14(23-9(3)26)20(32)35-11(5-24)17(18)37-21-13(22-8(2)25)16(29)15(28)12(36-21)6-33-10(4)27/h7,11-18,20-21,24,28-29,32H,5-6H2,1-4H3,(H,22,25)(H,23,26)(H,30,31). The number of rotatable bonds is 10. The van der Waals surface area contributed by atoms with E-state index in [0.717, 1.165) is 20.8 Å². The van der Waals surface area contributed by atoms with E-state index in [1.165, 1.54) is 6.92 Å². The van der Waals surface area contributed by atoms with E-state index in [1.54, 1.807) is 0 Å². The van der Waals surface area contributed by atoms with Crippen LogP contribution < -0.4 is 10.6 Å². The quantitative estimate of drug-likeness (QED) is 0.131. The minimum atomic E-state index is -1.74. The van der Waals surface area contributed by atoms with Crippen molar-refractivity contribution in [3.63, 3.8) is 0 Å². The van der Waals surface area contributed by atoms with Gasteiger partial charge in [-0.3, -0.25) is 14.4 Å². The molecule has 0 spiro atoms. The van der Waals surface area contributed by atoms with Crippen LogP contribution in [-0.2, 0) is 42.9 Å². The summed E-state index contributed by atoms with van der Waals surface area (Å²) in [5.74, 6) is -3.34. The molecule has 2 aliphatic rings. The third-order valence-corrected chi connectivity index (χ3v) is 5.74. The third kappa shape index (κ3) is 8.02. The molecule has 0 aromatic carbocycles. The summed E-state index contributed by atoms with van der Waals surface area (Å²) < 4.78 is 27.4. The maximum atomic E-state index is 11.8. The molecule has 2 rings (SSSR count). The summed E-state index contributed by atoms with van der Waals surface area (Å²) in [6, 6.07) is -2.77. The van der Waals surface area contributed by atoms with E-state index >= 15 is 0 Å². The molecule has 11 atom stereocenters. The Labute approximate surface area is 211 Å². The number of aliphatic hydroxyl groups is 4. The number of carbonyl (C=O) groups excluding carboxylic acids is 3. The van der Waals surface area contributed by atoms with Crippen LogP contribution in [0.2, 0.25) is 0 Å². The number of ether oxygens (including phenoxy) is 5. The lowest BCUT2D eigenvalue weighted by Crippen LogP contribution is -2.69. The van der Waals surface area contributed by atoms with Crippen molar-refractivity contribution in [2.24, 2.45) is 0 Å². The molecular weight excluding hydrogens is 504 g/mol. The second-order valence-electron chi connectivity index (χ2n) is 8.71. The molecule has 0 aromatic heterocycles. The van der Waals surface area contributed by atoms with Gasteiger partial charge in [0.1, 0.15) is 55.3 Å². The number of hydrogen-bond donors (Lipinski definition) is 7. The zero-order chi connectivity index (χ0) is 28.0. The summed E-state index contributed by atoms with van der Waals surface area (Å²) in [6.45, 7) is 3.30. The number of nitrogens with one attached hydrogen (secondary N) is 2. The van der Waals surface area contributed by atoms with Crippen LogP contribution in [0.4, 0.5) is 0 Å². The molecule has 11 unspecified atom stereocenters. The van der Waals surface area contributed by atoms with Gasteiger partial charge in [0.05, 0.1) is 6.61 Å². The highest BCUT2D eigenvalue weighted by Gasteiger charge is 2.53. The molecule has 2 saturated heterocycles. The van der Waals surface area contributed by atoms with Crippen molar-refractivity contribution in [1.82, 2.24) is 10.6 Å². The lowest BCUT2D eigenvalue weighted by Gasteiger charge is -2.48. The van der Waals surface area contributed by atoms with Gasteiger partial charge < -0.3 is 59.9 Å². The van der Waals surface area contributed by atoms with Gasteiger partial charge >= 0.3 is 11.9 Å². The lowest BCUT2D eigenvalue weighted by atomic mass is 9.94. The molecule has 2 amide bonds. The molecule has 0 aromatic rings. The van der Waals surface area contributed by atoms with E-state index in [2.05, 4.69) is 10.6 Å². The molecule has 212 valence electrons. The highest BCUT2D eigenvalue weighted by Crippen LogP contribution is 2.31. The van der Waals surface area contributed by atoms with Crippen LogP contribution in [0.15, 0.2) is 0 Å². The van der Waals surface area contributed by atoms with Gasteiger partial charge in [0.15, 0.2) is 18.7 Å². The van der Waals surface area contributed by atoms with Crippen molar-refractivity contribution in [3.05, 3.63) is 0 Å². The number of aliphatic hydroxyl groups excluding tert-OH is 4. The second-order valence-corrected chi connectivity index (χ2v) is 8.71. The number of carboxylic acids is 1. The van der Waals surface area contributed by atoms with Gasteiger partial charge in [0.25, 0.3) is 0 Å². The van der Waals surface area contributed by atoms with Crippen molar-refractivity contribution in [2.45, 2.75) is 95.1 Å². The summed E-state index contributed by atoms with van der Waals surface area (Å²) >= 11 is 0. The number of esters is 1. The Bertz CT molecular complexity index is 825. The Morgan fingerprint density at radius 3 is 2.00 bits per heavy atom. The highest BCUT2D eigenvalue weighted by molar-refractivity contribution is 5.74. The van der Waals surface area contributed by atoms with Crippen molar-refractivity contribution in [3.8, 4) is 0 Å². The van der Waals surface area contributed by atoms with E-state index in [1.807, 2.05) is 0 Å². The number of aliphatic carboxylic acids is 1. The van der Waals surface area contributed by atoms with Crippen molar-refractivity contribution < 1.29 is 68.4 Å². The number of carboxylic acid groups (broad SMARTS) is 1. The number of carbonyl (C=O) groups is 4. The molecule has 37 heavy (non-hydrogen) atoms. The van der Waals surface area contributed by atoms with Gasteiger partial charge in [-0.15, -0.1) is 0 Å². The summed E-state index contributed by atoms with van der Waals surface area (Å²) in [5.41, 5.74) is 0. The molecule has 0 radical (unpaired) electrons. The first-order chi connectivity index (χ1) is 17.3. The highest BCUT2D eigenvalue weighted by atomic mass is 16.7. The van der Waals surface area contributed by atoms with Crippen LogP contribution >= 0.6 is 0 Å². The smallest absolute Gasteiger partial charge is 0.332 e. The maximum Gasteiger partial charge on any atom is 0.332 e. The van der Waals surface area contributed by atoms with E-state index < -0.39 is 104 Å². The molecular formula is C21H34N2O14. The van der Waals surface area contributed by atoms with Crippen LogP contribution in [0, 0.1) is 0 Å². The minimum absolute atomic E-state index is 0.492.